The zero-order chi connectivity index (χ0) is 13.8. The van der Waals surface area contributed by atoms with Gasteiger partial charge in [-0.05, 0) is 41.0 Å². The third kappa shape index (κ3) is 3.05. The van der Waals surface area contributed by atoms with E-state index in [1.807, 2.05) is 30.3 Å². The van der Waals surface area contributed by atoms with Crippen LogP contribution in [0.15, 0.2) is 36.4 Å². The third-order valence-corrected chi connectivity index (χ3v) is 2.70. The van der Waals surface area contributed by atoms with Crippen molar-refractivity contribution in [3.63, 3.8) is 0 Å². The van der Waals surface area contributed by atoms with Crippen LogP contribution in [0, 0.1) is 12.0 Å². The van der Waals surface area contributed by atoms with Gasteiger partial charge in [-0.15, -0.1) is 0 Å². The first-order valence-electron chi connectivity index (χ1n) is 5.91. The maximum absolute atomic E-state index is 11.9. The minimum Gasteiger partial charge on any atom is -0.497 e. The fourth-order valence-corrected chi connectivity index (χ4v) is 1.73. The smallest absolute Gasteiger partial charge is 0.237 e. The molecule has 3 nitrogen and oxygen atoms in total. The Morgan fingerprint density at radius 1 is 1.11 bits per heavy atom. The zero-order valence-electron chi connectivity index (χ0n) is 11.2. The molecule has 0 N–H and O–H groups in total. The molecule has 3 heteroatoms. The van der Waals surface area contributed by atoms with Gasteiger partial charge in [-0.2, -0.15) is 0 Å². The molecular weight excluding hydrogens is 238 g/mol. The summed E-state index contributed by atoms with van der Waals surface area (Å²) in [5, 5.41) is 2.04. The van der Waals surface area contributed by atoms with E-state index in [9.17, 15) is 4.79 Å². The summed E-state index contributed by atoms with van der Waals surface area (Å²) >= 11 is 0. The van der Waals surface area contributed by atoms with E-state index in [0.29, 0.717) is 5.56 Å². The molecule has 0 spiro atoms. The average Bonchev–Trinajstić information content (AvgIpc) is 2.43. The van der Waals surface area contributed by atoms with Gasteiger partial charge in [-0.1, -0.05) is 12.1 Å². The van der Waals surface area contributed by atoms with Crippen LogP contribution in [0.4, 0.5) is 0 Å². The minimum atomic E-state index is -0.175. The summed E-state index contributed by atoms with van der Waals surface area (Å²) in [4.78, 5) is 13.5. The number of benzene rings is 2. The van der Waals surface area contributed by atoms with E-state index in [1.165, 1.54) is 0 Å². The number of nitrogens with zero attached hydrogens (tertiary/aromatic N) is 1. The second-order valence-corrected chi connectivity index (χ2v) is 4.39. The Morgan fingerprint density at radius 3 is 2.47 bits per heavy atom. The number of methoxy groups -OCH3 is 1. The summed E-state index contributed by atoms with van der Waals surface area (Å²) in [7, 11) is 5.23. The van der Waals surface area contributed by atoms with E-state index in [1.54, 1.807) is 32.2 Å². The maximum atomic E-state index is 11.9. The second-order valence-electron chi connectivity index (χ2n) is 4.39. The van der Waals surface area contributed by atoms with Crippen molar-refractivity contribution in [2.45, 2.75) is 0 Å². The van der Waals surface area contributed by atoms with E-state index in [2.05, 4.69) is 12.0 Å². The summed E-state index contributed by atoms with van der Waals surface area (Å²) in [5.41, 5.74) is 0.604. The molecule has 0 fully saturated rings. The van der Waals surface area contributed by atoms with Crippen LogP contribution in [0.5, 0.6) is 5.75 Å². The van der Waals surface area contributed by atoms with Gasteiger partial charge in [0, 0.05) is 25.7 Å². The Labute approximate surface area is 112 Å². The van der Waals surface area contributed by atoms with Gasteiger partial charge in [0.15, 0.2) is 0 Å². The first kappa shape index (κ1) is 13.0. The predicted molar refractivity (Wildman–Crippen MR) is 76.3 cm³/mol. The molecule has 0 unspecified atom stereocenters. The third-order valence-electron chi connectivity index (χ3n) is 2.70. The lowest BCUT2D eigenvalue weighted by Gasteiger charge is -2.03. The molecule has 0 aliphatic carbocycles. The molecule has 0 aromatic heterocycles. The number of ether oxygens (including phenoxy) is 1. The normalized spacial score (nSPS) is 9.63. The van der Waals surface area contributed by atoms with Crippen molar-refractivity contribution in [2.24, 2.45) is 0 Å². The van der Waals surface area contributed by atoms with Crippen LogP contribution < -0.4 is 4.74 Å². The summed E-state index contributed by atoms with van der Waals surface area (Å²) in [6.07, 6.45) is 0. The maximum Gasteiger partial charge on any atom is 0.237 e. The lowest BCUT2D eigenvalue weighted by Crippen LogP contribution is -2.03. The van der Waals surface area contributed by atoms with Crippen LogP contribution >= 0.6 is 0 Å². The highest BCUT2D eigenvalue weighted by atomic mass is 16.5. The topological polar surface area (TPSA) is 29.5 Å². The van der Waals surface area contributed by atoms with Gasteiger partial charge in [0.2, 0.25) is 5.78 Å². The molecular formula is C16H15NO2. The molecule has 0 aliphatic rings. The molecule has 0 saturated carbocycles. The monoisotopic (exact) mass is 253 g/mol. The molecule has 0 bridgehead atoms. The fourth-order valence-electron chi connectivity index (χ4n) is 1.73. The molecule has 2 aromatic carbocycles. The standard InChI is InChI=1S/C16H15NO2/c1-17(2)9-8-16(18)14-5-4-13-11-15(19-3)7-6-12(13)10-14/h4-7,10-11H,1-3H3. The number of fused-ring (bicyclic) bond motifs is 1. The van der Waals surface area contributed by atoms with Crippen molar-refractivity contribution >= 4 is 16.6 Å². The van der Waals surface area contributed by atoms with E-state index in [4.69, 9.17) is 4.74 Å². The Morgan fingerprint density at radius 2 is 1.79 bits per heavy atom. The van der Waals surface area contributed by atoms with Crippen LogP contribution in [0.25, 0.3) is 10.8 Å². The number of carbonyl (C=O) groups excluding carboxylic acids is 1. The molecule has 96 valence electrons. The van der Waals surface area contributed by atoms with E-state index in [-0.39, 0.29) is 5.78 Å². The lowest BCUT2D eigenvalue weighted by molar-refractivity contribution is 0.105. The SMILES string of the molecule is COc1ccc2cc(C(=O)C#CN(C)C)ccc2c1. The number of hydrogen-bond acceptors (Lipinski definition) is 3. The van der Waals surface area contributed by atoms with E-state index < -0.39 is 0 Å². The Bertz CT molecular complexity index is 678. The number of carbonyl (C=O) groups is 1. The summed E-state index contributed by atoms with van der Waals surface area (Å²) < 4.78 is 5.17. The molecule has 2 aromatic rings. The first-order chi connectivity index (χ1) is 9.10. The fraction of sp³-hybridized carbons (Fsp3) is 0.188. The van der Waals surface area contributed by atoms with Gasteiger partial charge < -0.3 is 9.64 Å². The zero-order valence-corrected chi connectivity index (χ0v) is 11.2. The second kappa shape index (κ2) is 5.45. The van der Waals surface area contributed by atoms with Gasteiger partial charge in [0.1, 0.15) is 5.75 Å². The highest BCUT2D eigenvalue weighted by Crippen LogP contribution is 2.21. The molecule has 0 amide bonds. The number of ketones is 1. The largest absolute Gasteiger partial charge is 0.497 e. The Kier molecular flexibility index (Phi) is 3.72. The van der Waals surface area contributed by atoms with Gasteiger partial charge in [-0.3, -0.25) is 4.79 Å². The van der Waals surface area contributed by atoms with Crippen molar-refractivity contribution in [1.29, 1.82) is 0 Å². The minimum absolute atomic E-state index is 0.175. The van der Waals surface area contributed by atoms with Crippen LogP contribution in [-0.2, 0) is 0 Å². The summed E-state index contributed by atoms with van der Waals surface area (Å²) in [6, 6.07) is 14.0. The van der Waals surface area contributed by atoms with Crippen molar-refractivity contribution < 1.29 is 9.53 Å². The van der Waals surface area contributed by atoms with Crippen LogP contribution in [0.2, 0.25) is 0 Å². The van der Waals surface area contributed by atoms with Gasteiger partial charge >= 0.3 is 0 Å². The summed E-state index contributed by atoms with van der Waals surface area (Å²) in [6.45, 7) is 0. The molecule has 0 aliphatic heterocycles. The summed E-state index contributed by atoms with van der Waals surface area (Å²) in [5.74, 6) is 3.23. The lowest BCUT2D eigenvalue weighted by atomic mass is 10.0. The van der Waals surface area contributed by atoms with Gasteiger partial charge in [0.05, 0.1) is 7.11 Å². The Balaban J connectivity index is 2.37. The van der Waals surface area contributed by atoms with Crippen molar-refractivity contribution in [1.82, 2.24) is 4.90 Å². The van der Waals surface area contributed by atoms with Crippen LogP contribution in [-0.4, -0.2) is 31.9 Å². The number of rotatable bonds is 2. The predicted octanol–water partition coefficient (Wildman–Crippen LogP) is 2.55. The molecule has 0 saturated heterocycles. The van der Waals surface area contributed by atoms with Gasteiger partial charge in [-0.25, -0.2) is 0 Å². The highest BCUT2D eigenvalue weighted by Gasteiger charge is 2.04. The van der Waals surface area contributed by atoms with Crippen molar-refractivity contribution in [2.75, 3.05) is 21.2 Å². The Hall–Kier alpha value is -2.47. The number of Topliss-reactive ketones (excluding diaryl/α,β-unsaturated/α-hetero) is 1. The van der Waals surface area contributed by atoms with Crippen LogP contribution in [0.1, 0.15) is 10.4 Å². The average molecular weight is 253 g/mol. The molecule has 0 heterocycles. The van der Waals surface area contributed by atoms with Crippen molar-refractivity contribution in [3.8, 4) is 17.7 Å². The highest BCUT2D eigenvalue weighted by molar-refractivity contribution is 6.10. The molecule has 0 atom stereocenters. The van der Waals surface area contributed by atoms with E-state index >= 15 is 0 Å². The van der Waals surface area contributed by atoms with Crippen molar-refractivity contribution in [3.05, 3.63) is 42.0 Å². The van der Waals surface area contributed by atoms with Crippen LogP contribution in [0.3, 0.4) is 0 Å². The quantitative estimate of drug-likeness (QED) is 0.468. The molecule has 2 rings (SSSR count). The van der Waals surface area contributed by atoms with Gasteiger partial charge in [0.25, 0.3) is 0 Å². The molecule has 0 radical (unpaired) electrons. The van der Waals surface area contributed by atoms with E-state index in [0.717, 1.165) is 16.5 Å². The number of hydrogen-bond donors (Lipinski definition) is 0. The first-order valence-corrected chi connectivity index (χ1v) is 5.91. The molecule has 19 heavy (non-hydrogen) atoms.